The van der Waals surface area contributed by atoms with E-state index in [1.807, 2.05) is 6.07 Å². The number of nitrogens with one attached hydrogen (secondary N) is 2. The normalized spacial score (nSPS) is 18.7. The van der Waals surface area contributed by atoms with E-state index in [1.165, 1.54) is 17.0 Å². The number of hydrogen-bond donors (Lipinski definition) is 5. The standard InChI is InChI=1S/C24H27N5O6/c25-22(26)14-1-4-17(5-2-14)27-23(33)20(32)21-24(34)29(8-10-35-21)18-6-3-15-13-28(7-9-30)19(31)12-16(15)11-18/h1-6,11,20-21,30,32H,7-10,12-13H2,(H3,25,26)(H,27,33)/t20-,21-/m1/s1. The van der Waals surface area contributed by atoms with Crippen molar-refractivity contribution in [3.8, 4) is 0 Å². The van der Waals surface area contributed by atoms with Gasteiger partial charge >= 0.3 is 0 Å². The van der Waals surface area contributed by atoms with E-state index in [-0.39, 0.29) is 44.5 Å². The minimum Gasteiger partial charge on any atom is -0.395 e. The number of ether oxygens (including phenoxy) is 1. The van der Waals surface area contributed by atoms with Crippen LogP contribution in [0.3, 0.4) is 0 Å². The van der Waals surface area contributed by atoms with Crippen LogP contribution in [0.25, 0.3) is 0 Å². The zero-order valence-corrected chi connectivity index (χ0v) is 18.9. The molecule has 11 nitrogen and oxygen atoms in total. The molecule has 2 aliphatic rings. The highest BCUT2D eigenvalue weighted by molar-refractivity contribution is 6.04. The van der Waals surface area contributed by atoms with Gasteiger partial charge in [-0.05, 0) is 47.5 Å². The molecule has 0 unspecified atom stereocenters. The van der Waals surface area contributed by atoms with Crippen molar-refractivity contribution in [2.75, 3.05) is 36.5 Å². The molecule has 4 rings (SSSR count). The summed E-state index contributed by atoms with van der Waals surface area (Å²) in [6.45, 7) is 0.905. The van der Waals surface area contributed by atoms with Crippen molar-refractivity contribution >= 4 is 34.9 Å². The number of carbonyl (C=O) groups excluding carboxylic acids is 3. The van der Waals surface area contributed by atoms with Crippen molar-refractivity contribution in [1.29, 1.82) is 5.41 Å². The lowest BCUT2D eigenvalue weighted by molar-refractivity contribution is -0.150. The summed E-state index contributed by atoms with van der Waals surface area (Å²) in [5.74, 6) is -1.58. The molecule has 2 atom stereocenters. The van der Waals surface area contributed by atoms with E-state index in [1.54, 1.807) is 29.2 Å². The van der Waals surface area contributed by atoms with Gasteiger partial charge in [-0.3, -0.25) is 19.8 Å². The van der Waals surface area contributed by atoms with Gasteiger partial charge in [-0.25, -0.2) is 0 Å². The first-order valence-electron chi connectivity index (χ1n) is 11.2. The minimum absolute atomic E-state index is 0.0988. The Morgan fingerprint density at radius 3 is 2.63 bits per heavy atom. The van der Waals surface area contributed by atoms with E-state index in [0.29, 0.717) is 23.5 Å². The maximum Gasteiger partial charge on any atom is 0.259 e. The van der Waals surface area contributed by atoms with E-state index in [0.717, 1.165) is 11.1 Å². The quantitative estimate of drug-likeness (QED) is 0.264. The average Bonchev–Trinajstić information content (AvgIpc) is 2.84. The van der Waals surface area contributed by atoms with Gasteiger partial charge in [0.2, 0.25) is 5.91 Å². The van der Waals surface area contributed by atoms with Crippen molar-refractivity contribution in [1.82, 2.24) is 4.90 Å². The van der Waals surface area contributed by atoms with Crippen LogP contribution >= 0.6 is 0 Å². The maximum absolute atomic E-state index is 13.1. The van der Waals surface area contributed by atoms with Gasteiger partial charge in [0.15, 0.2) is 12.2 Å². The van der Waals surface area contributed by atoms with E-state index >= 15 is 0 Å². The highest BCUT2D eigenvalue weighted by Gasteiger charge is 2.39. The van der Waals surface area contributed by atoms with Crippen LogP contribution in [0.15, 0.2) is 42.5 Å². The van der Waals surface area contributed by atoms with E-state index in [9.17, 15) is 19.5 Å². The van der Waals surface area contributed by atoms with Crippen LogP contribution in [-0.4, -0.2) is 77.2 Å². The Kier molecular flexibility index (Phi) is 7.10. The third-order valence-corrected chi connectivity index (χ3v) is 6.07. The zero-order valence-electron chi connectivity index (χ0n) is 18.9. The number of morpholine rings is 1. The maximum atomic E-state index is 13.1. The number of benzene rings is 2. The van der Waals surface area contributed by atoms with Crippen LogP contribution in [-0.2, 0) is 32.1 Å². The summed E-state index contributed by atoms with van der Waals surface area (Å²) in [5, 5.41) is 29.7. The molecule has 2 aromatic rings. The summed E-state index contributed by atoms with van der Waals surface area (Å²) in [4.78, 5) is 41.1. The number of nitrogens with zero attached hydrogens (tertiary/aromatic N) is 2. The fourth-order valence-corrected chi connectivity index (χ4v) is 4.17. The van der Waals surface area contributed by atoms with Gasteiger partial charge in [-0.1, -0.05) is 6.07 Å². The molecule has 1 saturated heterocycles. The molecule has 2 heterocycles. The van der Waals surface area contributed by atoms with Gasteiger partial charge in [0.05, 0.1) is 19.6 Å². The van der Waals surface area contributed by atoms with Crippen LogP contribution in [0, 0.1) is 5.41 Å². The molecule has 0 radical (unpaired) electrons. The number of hydrogen-bond acceptors (Lipinski definition) is 7. The van der Waals surface area contributed by atoms with Gasteiger partial charge in [0.1, 0.15) is 5.84 Å². The molecule has 2 aliphatic heterocycles. The molecule has 3 amide bonds. The van der Waals surface area contributed by atoms with Crippen LogP contribution in [0.4, 0.5) is 11.4 Å². The van der Waals surface area contributed by atoms with Crippen molar-refractivity contribution < 1.29 is 29.3 Å². The zero-order chi connectivity index (χ0) is 25.1. The number of fused-ring (bicyclic) bond motifs is 1. The van der Waals surface area contributed by atoms with E-state index in [2.05, 4.69) is 5.32 Å². The molecular weight excluding hydrogens is 454 g/mol. The highest BCUT2D eigenvalue weighted by Crippen LogP contribution is 2.27. The Balaban J connectivity index is 1.45. The van der Waals surface area contributed by atoms with Crippen LogP contribution < -0.4 is 16.0 Å². The average molecular weight is 482 g/mol. The monoisotopic (exact) mass is 481 g/mol. The Hall–Kier alpha value is -3.80. The number of amidine groups is 1. The van der Waals surface area contributed by atoms with Gasteiger partial charge in [0, 0.05) is 36.6 Å². The molecule has 2 aromatic carbocycles. The summed E-state index contributed by atoms with van der Waals surface area (Å²) in [6, 6.07) is 11.5. The summed E-state index contributed by atoms with van der Waals surface area (Å²) >= 11 is 0. The first kappa shape index (κ1) is 24.3. The summed E-state index contributed by atoms with van der Waals surface area (Å²) in [7, 11) is 0. The van der Waals surface area contributed by atoms with Gasteiger partial charge in [0.25, 0.3) is 11.8 Å². The molecule has 0 saturated carbocycles. The van der Waals surface area contributed by atoms with Crippen LogP contribution in [0.5, 0.6) is 0 Å². The van der Waals surface area contributed by atoms with Gasteiger partial charge in [-0.2, -0.15) is 0 Å². The second-order valence-corrected chi connectivity index (χ2v) is 8.38. The Labute approximate surface area is 201 Å². The molecule has 184 valence electrons. The number of β-amino-alcohol motifs (C(OH)–C–C–N with tert-alkyl or cyclic N) is 1. The molecule has 0 spiro atoms. The molecule has 11 heteroatoms. The Bertz CT molecular complexity index is 1150. The second kappa shape index (κ2) is 10.2. The number of carbonyl (C=O) groups is 3. The van der Waals surface area contributed by atoms with E-state index < -0.39 is 24.0 Å². The number of rotatable bonds is 7. The SMILES string of the molecule is N=C(N)c1ccc(NC(=O)[C@H](O)[C@H]2OCCN(c3ccc4c(c3)CC(=O)N(CCO)C4)C2=O)cc1. The van der Waals surface area contributed by atoms with Crippen molar-refractivity contribution in [2.45, 2.75) is 25.2 Å². The molecule has 0 aliphatic carbocycles. The lowest BCUT2D eigenvalue weighted by Crippen LogP contribution is -2.55. The second-order valence-electron chi connectivity index (χ2n) is 8.38. The fraction of sp³-hybridized carbons (Fsp3) is 0.333. The Morgan fingerprint density at radius 2 is 1.94 bits per heavy atom. The smallest absolute Gasteiger partial charge is 0.259 e. The third-order valence-electron chi connectivity index (χ3n) is 6.07. The summed E-state index contributed by atoms with van der Waals surface area (Å²) < 4.78 is 5.45. The van der Waals surface area contributed by atoms with Crippen LogP contribution in [0.2, 0.25) is 0 Å². The predicted molar refractivity (Wildman–Crippen MR) is 127 cm³/mol. The van der Waals surface area contributed by atoms with Crippen molar-refractivity contribution in [3.05, 3.63) is 59.2 Å². The Morgan fingerprint density at radius 1 is 1.20 bits per heavy atom. The molecule has 0 aromatic heterocycles. The predicted octanol–water partition coefficient (Wildman–Crippen LogP) is -0.421. The molecular formula is C24H27N5O6. The van der Waals surface area contributed by atoms with Gasteiger partial charge in [-0.15, -0.1) is 0 Å². The highest BCUT2D eigenvalue weighted by atomic mass is 16.5. The lowest BCUT2D eigenvalue weighted by Gasteiger charge is -2.35. The number of aliphatic hydroxyl groups is 2. The molecule has 35 heavy (non-hydrogen) atoms. The molecule has 6 N–H and O–H groups in total. The first-order valence-corrected chi connectivity index (χ1v) is 11.2. The number of aliphatic hydroxyl groups excluding tert-OH is 2. The largest absolute Gasteiger partial charge is 0.395 e. The van der Waals surface area contributed by atoms with Crippen molar-refractivity contribution in [2.24, 2.45) is 5.73 Å². The number of anilines is 2. The third kappa shape index (κ3) is 5.16. The summed E-state index contributed by atoms with van der Waals surface area (Å²) in [5.41, 5.74) is 8.56. The van der Waals surface area contributed by atoms with Crippen molar-refractivity contribution in [3.63, 3.8) is 0 Å². The van der Waals surface area contributed by atoms with Crippen LogP contribution in [0.1, 0.15) is 16.7 Å². The van der Waals surface area contributed by atoms with E-state index in [4.69, 9.17) is 21.0 Å². The minimum atomic E-state index is -1.75. The molecule has 1 fully saturated rings. The van der Waals surface area contributed by atoms with Gasteiger partial charge < -0.3 is 35.8 Å². The molecule has 0 bridgehead atoms. The summed E-state index contributed by atoms with van der Waals surface area (Å²) in [6.07, 6.45) is -2.97. The first-order chi connectivity index (χ1) is 16.8. The fourth-order valence-electron chi connectivity index (χ4n) is 4.17. The number of nitrogens with two attached hydrogens (primary N) is 1. The number of amides is 3. The topological polar surface area (TPSA) is 169 Å². The number of nitrogen functional groups attached to an aromatic ring is 1. The lowest BCUT2D eigenvalue weighted by atomic mass is 9.97.